The van der Waals surface area contributed by atoms with Crippen LogP contribution in [0.25, 0.3) is 0 Å². The quantitative estimate of drug-likeness (QED) is 0.392. The van der Waals surface area contributed by atoms with Crippen molar-refractivity contribution in [2.75, 3.05) is 6.61 Å². The van der Waals surface area contributed by atoms with Crippen molar-refractivity contribution >= 4 is 34.3 Å². The summed E-state index contributed by atoms with van der Waals surface area (Å²) in [4.78, 5) is 25.6. The molecule has 4 nitrogen and oxygen atoms in total. The third-order valence-electron chi connectivity index (χ3n) is 4.93. The third kappa shape index (κ3) is 3.87. The van der Waals surface area contributed by atoms with Crippen molar-refractivity contribution in [2.45, 2.75) is 51.9 Å². The summed E-state index contributed by atoms with van der Waals surface area (Å²) >= 11 is 2.26. The van der Waals surface area contributed by atoms with E-state index in [0.29, 0.717) is 18.6 Å². The van der Waals surface area contributed by atoms with Crippen molar-refractivity contribution in [1.82, 2.24) is 5.32 Å². The summed E-state index contributed by atoms with van der Waals surface area (Å²) in [7, 11) is 0. The largest absolute Gasteiger partial charge is 0.462 e. The summed E-state index contributed by atoms with van der Waals surface area (Å²) in [6.45, 7) is 4.37. The summed E-state index contributed by atoms with van der Waals surface area (Å²) < 4.78 is 6.63. The van der Waals surface area contributed by atoms with Crippen LogP contribution in [0.2, 0.25) is 0 Å². The van der Waals surface area contributed by atoms with Crippen LogP contribution in [0.15, 0.2) is 46.8 Å². The first-order valence-electron chi connectivity index (χ1n) is 9.19. The molecule has 3 rings (SSSR count). The molecular weight excluding hydrogens is 441 g/mol. The first-order chi connectivity index (χ1) is 12.5. The summed E-state index contributed by atoms with van der Waals surface area (Å²) in [6, 6.07) is 8.05. The average molecular weight is 465 g/mol. The van der Waals surface area contributed by atoms with E-state index in [1.54, 1.807) is 0 Å². The number of halogens is 1. The van der Waals surface area contributed by atoms with Crippen LogP contribution in [0.1, 0.15) is 57.4 Å². The zero-order valence-corrected chi connectivity index (χ0v) is 17.4. The number of hydrogen-bond donors (Lipinski definition) is 1. The first kappa shape index (κ1) is 19.1. The highest BCUT2D eigenvalue weighted by Gasteiger charge is 2.38. The van der Waals surface area contributed by atoms with Crippen molar-refractivity contribution < 1.29 is 14.3 Å². The first-order valence-corrected chi connectivity index (χ1v) is 10.3. The van der Waals surface area contributed by atoms with Crippen molar-refractivity contribution in [1.29, 1.82) is 0 Å². The van der Waals surface area contributed by atoms with E-state index in [1.807, 2.05) is 31.2 Å². The molecular formula is C21H24INO3. The molecule has 0 aromatic heterocycles. The van der Waals surface area contributed by atoms with Gasteiger partial charge in [0.15, 0.2) is 5.78 Å². The Morgan fingerprint density at radius 1 is 1.27 bits per heavy atom. The molecule has 1 aromatic carbocycles. The maximum atomic E-state index is 12.9. The average Bonchev–Trinajstić information content (AvgIpc) is 2.61. The van der Waals surface area contributed by atoms with Gasteiger partial charge in [0.2, 0.25) is 0 Å². The Hall–Kier alpha value is -1.63. The molecule has 5 heteroatoms. The molecule has 1 aliphatic carbocycles. The second kappa shape index (κ2) is 8.37. The van der Waals surface area contributed by atoms with Crippen LogP contribution in [0, 0.1) is 3.57 Å². The maximum Gasteiger partial charge on any atom is 0.336 e. The Bertz CT molecular complexity index is 777. The van der Waals surface area contributed by atoms with Gasteiger partial charge >= 0.3 is 5.97 Å². The van der Waals surface area contributed by atoms with Crippen LogP contribution in [0.5, 0.6) is 0 Å². The molecule has 2 aliphatic rings. The summed E-state index contributed by atoms with van der Waals surface area (Å²) in [5.41, 5.74) is 4.04. The fourth-order valence-electron chi connectivity index (χ4n) is 3.63. The molecule has 1 heterocycles. The standard InChI is InChI=1S/C21H24INO3/c1-3-4-12-26-21(25)18-13(2)23-16-6-5-7-17(24)20(16)19(18)14-8-10-15(22)11-9-14/h8-11,19,23H,3-7,12H2,1-2H3. The highest BCUT2D eigenvalue weighted by Crippen LogP contribution is 2.42. The summed E-state index contributed by atoms with van der Waals surface area (Å²) in [5, 5.41) is 3.32. The lowest BCUT2D eigenvalue weighted by Gasteiger charge is -2.34. The number of benzene rings is 1. The number of carbonyl (C=O) groups is 2. The highest BCUT2D eigenvalue weighted by molar-refractivity contribution is 14.1. The van der Waals surface area contributed by atoms with Crippen LogP contribution < -0.4 is 5.32 Å². The number of dihydropyridines is 1. The fourth-order valence-corrected chi connectivity index (χ4v) is 3.99. The van der Waals surface area contributed by atoms with Gasteiger partial charge in [0.25, 0.3) is 0 Å². The van der Waals surface area contributed by atoms with E-state index in [0.717, 1.165) is 51.8 Å². The van der Waals surface area contributed by atoms with Crippen LogP contribution in [0.4, 0.5) is 0 Å². The van der Waals surface area contributed by atoms with Gasteiger partial charge in [0.1, 0.15) is 0 Å². The Morgan fingerprint density at radius 3 is 2.69 bits per heavy atom. The molecule has 138 valence electrons. The van der Waals surface area contributed by atoms with Gasteiger partial charge in [-0.25, -0.2) is 4.79 Å². The zero-order valence-electron chi connectivity index (χ0n) is 15.2. The van der Waals surface area contributed by atoms with E-state index in [9.17, 15) is 9.59 Å². The SMILES string of the molecule is CCCCOC(=O)C1=C(C)NC2=C(C(=O)CCC2)C1c1ccc(I)cc1. The third-order valence-corrected chi connectivity index (χ3v) is 5.65. The number of hydrogen-bond acceptors (Lipinski definition) is 4. The number of unbranched alkanes of at least 4 members (excludes halogenated alkanes) is 1. The molecule has 26 heavy (non-hydrogen) atoms. The van der Waals surface area contributed by atoms with Gasteiger partial charge in [-0.1, -0.05) is 25.5 Å². The molecule has 1 aliphatic heterocycles. The lowest BCUT2D eigenvalue weighted by atomic mass is 9.75. The van der Waals surface area contributed by atoms with E-state index in [4.69, 9.17) is 4.74 Å². The second-order valence-electron chi connectivity index (χ2n) is 6.81. The number of Topliss-reactive ketones (excluding diaryl/α,β-unsaturated/α-hetero) is 1. The van der Waals surface area contributed by atoms with Gasteiger partial charge in [-0.05, 0) is 66.5 Å². The number of esters is 1. The summed E-state index contributed by atoms with van der Waals surface area (Å²) in [6.07, 6.45) is 4.05. The lowest BCUT2D eigenvalue weighted by Crippen LogP contribution is -2.34. The van der Waals surface area contributed by atoms with Crippen LogP contribution in [0.3, 0.4) is 0 Å². The van der Waals surface area contributed by atoms with Crippen molar-refractivity contribution in [3.05, 3.63) is 55.9 Å². The zero-order chi connectivity index (χ0) is 18.7. The van der Waals surface area contributed by atoms with E-state index in [-0.39, 0.29) is 17.7 Å². The summed E-state index contributed by atoms with van der Waals surface area (Å²) in [5.74, 6) is -0.532. The number of ketones is 1. The molecule has 0 radical (unpaired) electrons. The number of nitrogens with one attached hydrogen (secondary N) is 1. The predicted molar refractivity (Wildman–Crippen MR) is 109 cm³/mol. The van der Waals surface area contributed by atoms with Gasteiger partial charge < -0.3 is 10.1 Å². The van der Waals surface area contributed by atoms with Crippen molar-refractivity contribution in [2.24, 2.45) is 0 Å². The minimum Gasteiger partial charge on any atom is -0.462 e. The Kier molecular flexibility index (Phi) is 6.16. The number of allylic oxidation sites excluding steroid dienone is 3. The smallest absolute Gasteiger partial charge is 0.336 e. The van der Waals surface area contributed by atoms with Crippen LogP contribution >= 0.6 is 22.6 Å². The monoisotopic (exact) mass is 465 g/mol. The van der Waals surface area contributed by atoms with Crippen molar-refractivity contribution in [3.63, 3.8) is 0 Å². The molecule has 1 N–H and O–H groups in total. The normalized spacial score (nSPS) is 20.0. The highest BCUT2D eigenvalue weighted by atomic mass is 127. The maximum absolute atomic E-state index is 12.9. The number of rotatable bonds is 5. The number of carbonyl (C=O) groups excluding carboxylic acids is 2. The molecule has 0 saturated heterocycles. The second-order valence-corrected chi connectivity index (χ2v) is 8.05. The minimum absolute atomic E-state index is 0.133. The topological polar surface area (TPSA) is 55.4 Å². The Morgan fingerprint density at radius 2 is 2.00 bits per heavy atom. The predicted octanol–water partition coefficient (Wildman–Crippen LogP) is 4.60. The molecule has 1 aromatic rings. The molecule has 0 amide bonds. The molecule has 1 unspecified atom stereocenters. The van der Waals surface area contributed by atoms with E-state index in [2.05, 4.69) is 34.8 Å². The molecule has 0 spiro atoms. The molecule has 1 atom stereocenters. The minimum atomic E-state index is -0.342. The molecule has 0 bridgehead atoms. The Labute approximate surface area is 168 Å². The van der Waals surface area contributed by atoms with E-state index >= 15 is 0 Å². The van der Waals surface area contributed by atoms with Crippen LogP contribution in [-0.4, -0.2) is 18.4 Å². The van der Waals surface area contributed by atoms with Gasteiger partial charge in [0, 0.05) is 32.9 Å². The van der Waals surface area contributed by atoms with Gasteiger partial charge in [-0.15, -0.1) is 0 Å². The molecule has 0 saturated carbocycles. The van der Waals surface area contributed by atoms with E-state index in [1.165, 1.54) is 0 Å². The van der Waals surface area contributed by atoms with Gasteiger partial charge in [-0.3, -0.25) is 4.79 Å². The van der Waals surface area contributed by atoms with Gasteiger partial charge in [0.05, 0.1) is 12.2 Å². The van der Waals surface area contributed by atoms with E-state index < -0.39 is 0 Å². The Balaban J connectivity index is 2.04. The van der Waals surface area contributed by atoms with Crippen LogP contribution in [-0.2, 0) is 14.3 Å². The fraction of sp³-hybridized carbons (Fsp3) is 0.429. The van der Waals surface area contributed by atoms with Gasteiger partial charge in [-0.2, -0.15) is 0 Å². The number of ether oxygens (including phenoxy) is 1. The molecule has 0 fully saturated rings. The van der Waals surface area contributed by atoms with Crippen molar-refractivity contribution in [3.8, 4) is 0 Å². The lowest BCUT2D eigenvalue weighted by molar-refractivity contribution is -0.139.